The minimum atomic E-state index is -3.26. The van der Waals surface area contributed by atoms with E-state index >= 15 is 0 Å². The number of hydrogen-bond acceptors (Lipinski definition) is 5. The van der Waals surface area contributed by atoms with Crippen molar-refractivity contribution in [2.75, 3.05) is 19.3 Å². The highest BCUT2D eigenvalue weighted by atomic mass is 32.2. The maximum atomic E-state index is 11.9. The fourth-order valence-corrected chi connectivity index (χ4v) is 4.17. The minimum Gasteiger partial charge on any atom is -0.478 e. The molecule has 0 saturated carbocycles. The van der Waals surface area contributed by atoms with Crippen LogP contribution in [0.5, 0.6) is 0 Å². The van der Waals surface area contributed by atoms with Gasteiger partial charge in [0.15, 0.2) is 0 Å². The van der Waals surface area contributed by atoms with E-state index in [2.05, 4.69) is 9.97 Å². The van der Waals surface area contributed by atoms with Crippen molar-refractivity contribution in [2.45, 2.75) is 25.7 Å². The molecule has 2 heterocycles. The largest absolute Gasteiger partial charge is 0.478 e. The molecule has 1 fully saturated rings. The highest BCUT2D eigenvalue weighted by molar-refractivity contribution is 7.88. The van der Waals surface area contributed by atoms with E-state index in [0.29, 0.717) is 30.2 Å². The molecule has 138 valence electrons. The number of sulfonamides is 1. The van der Waals surface area contributed by atoms with Crippen LogP contribution >= 0.6 is 0 Å². The van der Waals surface area contributed by atoms with E-state index in [4.69, 9.17) is 0 Å². The van der Waals surface area contributed by atoms with Crippen LogP contribution in [0.1, 0.15) is 40.6 Å². The van der Waals surface area contributed by atoms with Gasteiger partial charge in [-0.1, -0.05) is 18.2 Å². The monoisotopic (exact) mass is 375 g/mol. The Bertz CT molecular complexity index is 943. The molecule has 8 heteroatoms. The Morgan fingerprint density at radius 2 is 2.00 bits per heavy atom. The van der Waals surface area contributed by atoms with E-state index in [1.165, 1.54) is 10.6 Å². The molecule has 0 radical (unpaired) electrons. The number of hydrogen-bond donors (Lipinski definition) is 1. The molecule has 0 spiro atoms. The number of aromatic carboxylic acids is 1. The van der Waals surface area contributed by atoms with Crippen molar-refractivity contribution >= 4 is 16.0 Å². The Morgan fingerprint density at radius 1 is 1.27 bits per heavy atom. The number of aryl methyl sites for hydroxylation is 1. The lowest BCUT2D eigenvalue weighted by Gasteiger charge is -2.30. The molecule has 0 bridgehead atoms. The molecular weight excluding hydrogens is 354 g/mol. The summed E-state index contributed by atoms with van der Waals surface area (Å²) in [6.45, 7) is 2.69. The molecule has 0 amide bonds. The second kappa shape index (κ2) is 7.13. The fraction of sp³-hybridized carbons (Fsp3) is 0.389. The number of benzene rings is 1. The van der Waals surface area contributed by atoms with Gasteiger partial charge >= 0.3 is 5.97 Å². The molecule has 0 unspecified atom stereocenters. The summed E-state index contributed by atoms with van der Waals surface area (Å²) in [6.07, 6.45) is 2.76. The second-order valence-corrected chi connectivity index (χ2v) is 8.55. The van der Waals surface area contributed by atoms with Crippen molar-refractivity contribution in [2.24, 2.45) is 0 Å². The lowest BCUT2D eigenvalue weighted by atomic mass is 9.97. The number of nitrogens with zero attached hydrogens (tertiary/aromatic N) is 3. The van der Waals surface area contributed by atoms with Crippen LogP contribution in [0.25, 0.3) is 11.3 Å². The maximum absolute atomic E-state index is 11.9. The van der Waals surface area contributed by atoms with E-state index in [-0.39, 0.29) is 11.5 Å². The summed E-state index contributed by atoms with van der Waals surface area (Å²) in [7, 11) is -3.26. The number of aromatic nitrogens is 2. The van der Waals surface area contributed by atoms with Gasteiger partial charge in [0.05, 0.1) is 17.5 Å². The molecule has 7 nitrogen and oxygen atoms in total. The summed E-state index contributed by atoms with van der Waals surface area (Å²) in [5.74, 6) is -0.554. The summed E-state index contributed by atoms with van der Waals surface area (Å²) >= 11 is 0. The van der Waals surface area contributed by atoms with Crippen molar-refractivity contribution in [3.63, 3.8) is 0 Å². The summed E-state index contributed by atoms with van der Waals surface area (Å²) < 4.78 is 25.2. The lowest BCUT2D eigenvalue weighted by molar-refractivity contribution is 0.0697. The summed E-state index contributed by atoms with van der Waals surface area (Å²) in [5.41, 5.74) is 1.98. The molecule has 26 heavy (non-hydrogen) atoms. The Labute approximate surface area is 152 Å². The standard InChI is InChI=1S/C18H21N3O4S/c1-12-10-16(14-7-3-4-8-15(14)18(22)23)20-17(19-12)13-6-5-9-21(11-13)26(2,24)25/h3-4,7-8,10,13H,5-6,9,11H2,1-2H3,(H,22,23)/t13-/m1/s1. The summed E-state index contributed by atoms with van der Waals surface area (Å²) in [5, 5.41) is 9.42. The first-order valence-electron chi connectivity index (χ1n) is 8.39. The second-order valence-electron chi connectivity index (χ2n) is 6.56. The van der Waals surface area contributed by atoms with Crippen LogP contribution in [0.3, 0.4) is 0 Å². The molecule has 1 saturated heterocycles. The molecule has 1 atom stereocenters. The Hall–Kier alpha value is -2.32. The van der Waals surface area contributed by atoms with E-state index in [9.17, 15) is 18.3 Å². The van der Waals surface area contributed by atoms with E-state index in [0.717, 1.165) is 18.5 Å². The van der Waals surface area contributed by atoms with Gasteiger partial charge in [-0.15, -0.1) is 0 Å². The van der Waals surface area contributed by atoms with Crippen LogP contribution in [-0.4, -0.2) is 53.1 Å². The predicted octanol–water partition coefficient (Wildman–Crippen LogP) is 2.29. The van der Waals surface area contributed by atoms with Crippen LogP contribution in [-0.2, 0) is 10.0 Å². The van der Waals surface area contributed by atoms with Crippen molar-refractivity contribution in [3.8, 4) is 11.3 Å². The molecule has 3 rings (SSSR count). The average Bonchev–Trinajstić information content (AvgIpc) is 2.60. The summed E-state index contributed by atoms with van der Waals surface area (Å²) in [4.78, 5) is 20.6. The first-order valence-corrected chi connectivity index (χ1v) is 10.2. The Balaban J connectivity index is 2.00. The van der Waals surface area contributed by atoms with Crippen LogP contribution in [0, 0.1) is 6.92 Å². The Kier molecular flexibility index (Phi) is 5.06. The molecule has 1 aromatic carbocycles. The van der Waals surface area contributed by atoms with Gasteiger partial charge in [0.2, 0.25) is 10.0 Å². The number of carboxylic acids is 1. The zero-order valence-corrected chi connectivity index (χ0v) is 15.5. The van der Waals surface area contributed by atoms with Crippen molar-refractivity contribution in [1.82, 2.24) is 14.3 Å². The normalized spacial score (nSPS) is 18.6. The maximum Gasteiger partial charge on any atom is 0.336 e. The quantitative estimate of drug-likeness (QED) is 0.880. The molecule has 2 aromatic rings. The number of carboxylic acid groups (broad SMARTS) is 1. The van der Waals surface area contributed by atoms with Gasteiger partial charge < -0.3 is 5.11 Å². The third-order valence-electron chi connectivity index (χ3n) is 4.52. The minimum absolute atomic E-state index is 0.103. The smallest absolute Gasteiger partial charge is 0.336 e. The van der Waals surface area contributed by atoms with Crippen LogP contribution in [0.2, 0.25) is 0 Å². The molecule has 1 aromatic heterocycles. The SMILES string of the molecule is Cc1cc(-c2ccccc2C(=O)O)nc([C@@H]2CCCN(S(C)(=O)=O)C2)n1. The van der Waals surface area contributed by atoms with Crippen LogP contribution in [0.15, 0.2) is 30.3 Å². The van der Waals surface area contributed by atoms with E-state index in [1.54, 1.807) is 30.3 Å². The van der Waals surface area contributed by atoms with Gasteiger partial charge in [-0.25, -0.2) is 27.5 Å². The van der Waals surface area contributed by atoms with E-state index < -0.39 is 16.0 Å². The number of carbonyl (C=O) groups is 1. The first-order chi connectivity index (χ1) is 12.3. The lowest BCUT2D eigenvalue weighted by Crippen LogP contribution is -2.38. The number of piperidine rings is 1. The zero-order chi connectivity index (χ0) is 18.9. The van der Waals surface area contributed by atoms with Gasteiger partial charge in [0, 0.05) is 30.3 Å². The zero-order valence-electron chi connectivity index (χ0n) is 14.7. The van der Waals surface area contributed by atoms with Gasteiger partial charge in [-0.05, 0) is 31.9 Å². The Morgan fingerprint density at radius 3 is 2.69 bits per heavy atom. The van der Waals surface area contributed by atoms with Gasteiger partial charge in [-0.3, -0.25) is 0 Å². The van der Waals surface area contributed by atoms with Crippen LogP contribution in [0.4, 0.5) is 0 Å². The van der Waals surface area contributed by atoms with Gasteiger partial charge in [0.1, 0.15) is 5.82 Å². The van der Waals surface area contributed by atoms with Crippen molar-refractivity contribution < 1.29 is 18.3 Å². The topological polar surface area (TPSA) is 100 Å². The number of rotatable bonds is 4. The molecule has 1 N–H and O–H groups in total. The third kappa shape index (κ3) is 3.91. The summed E-state index contributed by atoms with van der Waals surface area (Å²) in [6, 6.07) is 8.46. The first kappa shape index (κ1) is 18.5. The highest BCUT2D eigenvalue weighted by Crippen LogP contribution is 2.29. The van der Waals surface area contributed by atoms with E-state index in [1.807, 2.05) is 6.92 Å². The van der Waals surface area contributed by atoms with Crippen LogP contribution < -0.4 is 0 Å². The van der Waals surface area contributed by atoms with Gasteiger partial charge in [0.25, 0.3) is 0 Å². The molecular formula is C18H21N3O4S. The molecule has 0 aliphatic carbocycles. The average molecular weight is 375 g/mol. The van der Waals surface area contributed by atoms with Crippen molar-refractivity contribution in [3.05, 3.63) is 47.4 Å². The fourth-order valence-electron chi connectivity index (χ4n) is 3.26. The molecule has 1 aliphatic heterocycles. The molecule has 1 aliphatic rings. The third-order valence-corrected chi connectivity index (χ3v) is 5.79. The highest BCUT2D eigenvalue weighted by Gasteiger charge is 2.29. The van der Waals surface area contributed by atoms with Crippen molar-refractivity contribution in [1.29, 1.82) is 0 Å². The van der Waals surface area contributed by atoms with Gasteiger partial charge in [-0.2, -0.15) is 0 Å². The predicted molar refractivity (Wildman–Crippen MR) is 97.6 cm³/mol.